The van der Waals surface area contributed by atoms with Gasteiger partial charge in [0.2, 0.25) is 0 Å². The molecule has 100 valence electrons. The minimum absolute atomic E-state index is 0.599. The highest BCUT2D eigenvalue weighted by atomic mass is 15.0. The molecule has 0 spiro atoms. The molecule has 1 unspecified atom stereocenters. The zero-order valence-electron chi connectivity index (χ0n) is 11.4. The summed E-state index contributed by atoms with van der Waals surface area (Å²) >= 11 is 0. The van der Waals surface area contributed by atoms with Gasteiger partial charge < -0.3 is 10.6 Å². The summed E-state index contributed by atoms with van der Waals surface area (Å²) in [5.41, 5.74) is 3.53. The number of nitrogens with one attached hydrogen (secondary N) is 2. The lowest BCUT2D eigenvalue weighted by Crippen LogP contribution is -2.39. The van der Waals surface area contributed by atoms with Crippen LogP contribution in [0.4, 0.5) is 5.69 Å². The van der Waals surface area contributed by atoms with Gasteiger partial charge in [-0.05, 0) is 50.1 Å². The maximum atomic E-state index is 4.48. The molecule has 0 aliphatic carbocycles. The van der Waals surface area contributed by atoms with E-state index in [9.17, 15) is 0 Å². The minimum Gasteiger partial charge on any atom is -0.383 e. The Morgan fingerprint density at radius 2 is 2.26 bits per heavy atom. The molecule has 0 amide bonds. The summed E-state index contributed by atoms with van der Waals surface area (Å²) in [4.78, 5) is 4.48. The van der Waals surface area contributed by atoms with E-state index in [2.05, 4.69) is 40.7 Å². The number of hydrogen-bond acceptors (Lipinski definition) is 3. The van der Waals surface area contributed by atoms with Gasteiger partial charge in [0.05, 0.1) is 5.52 Å². The number of benzene rings is 1. The van der Waals surface area contributed by atoms with Gasteiger partial charge in [-0.1, -0.05) is 12.5 Å². The van der Waals surface area contributed by atoms with Gasteiger partial charge in [-0.2, -0.15) is 0 Å². The van der Waals surface area contributed by atoms with Crippen molar-refractivity contribution in [2.45, 2.75) is 32.2 Å². The highest BCUT2D eigenvalue weighted by Gasteiger charge is 2.12. The van der Waals surface area contributed by atoms with E-state index in [1.54, 1.807) is 0 Å². The van der Waals surface area contributed by atoms with E-state index in [1.165, 1.54) is 35.9 Å². The molecule has 0 radical (unpaired) electrons. The first-order chi connectivity index (χ1) is 9.34. The summed E-state index contributed by atoms with van der Waals surface area (Å²) in [6.07, 6.45) is 5.79. The first-order valence-electron chi connectivity index (χ1n) is 7.16. The second-order valence-corrected chi connectivity index (χ2v) is 5.36. The van der Waals surface area contributed by atoms with Crippen molar-refractivity contribution in [3.05, 3.63) is 36.0 Å². The van der Waals surface area contributed by atoms with E-state index in [-0.39, 0.29) is 0 Å². The number of nitrogens with zero attached hydrogens (tertiary/aromatic N) is 1. The number of rotatable bonds is 3. The van der Waals surface area contributed by atoms with Crippen molar-refractivity contribution in [3.63, 3.8) is 0 Å². The summed E-state index contributed by atoms with van der Waals surface area (Å²) in [6, 6.07) is 9.06. The molecule has 3 rings (SSSR count). The molecule has 0 bridgehead atoms. The molecule has 0 saturated carbocycles. The van der Waals surface area contributed by atoms with Crippen LogP contribution in [-0.4, -0.2) is 24.1 Å². The minimum atomic E-state index is 0.599. The van der Waals surface area contributed by atoms with E-state index in [4.69, 9.17) is 0 Å². The molecule has 3 nitrogen and oxygen atoms in total. The first-order valence-corrected chi connectivity index (χ1v) is 7.16. The maximum Gasteiger partial charge on any atom is 0.0751 e. The van der Waals surface area contributed by atoms with Crippen LogP contribution < -0.4 is 10.6 Å². The lowest BCUT2D eigenvalue weighted by atomic mass is 10.0. The molecular formula is C16H21N3. The van der Waals surface area contributed by atoms with Gasteiger partial charge in [-0.15, -0.1) is 0 Å². The molecule has 19 heavy (non-hydrogen) atoms. The van der Waals surface area contributed by atoms with Crippen LogP contribution in [0.3, 0.4) is 0 Å². The number of fused-ring (bicyclic) bond motifs is 1. The molecule has 1 aromatic heterocycles. The molecule has 2 heterocycles. The van der Waals surface area contributed by atoms with Crippen molar-refractivity contribution < 1.29 is 0 Å². The summed E-state index contributed by atoms with van der Waals surface area (Å²) in [5.74, 6) is 0. The number of anilines is 1. The standard InChI is InChI=1S/C16H21N3/c1-12-7-8-15(14-6-4-10-18-16(12)14)19-11-13-5-2-3-9-17-13/h4,6-8,10,13,17,19H,2-3,5,9,11H2,1H3. The average molecular weight is 255 g/mol. The molecular weight excluding hydrogens is 234 g/mol. The number of aromatic nitrogens is 1. The Morgan fingerprint density at radius 3 is 3.11 bits per heavy atom. The van der Waals surface area contributed by atoms with Crippen molar-refractivity contribution in [1.82, 2.24) is 10.3 Å². The second kappa shape index (κ2) is 5.57. The smallest absolute Gasteiger partial charge is 0.0751 e. The predicted octanol–water partition coefficient (Wildman–Crippen LogP) is 3.10. The lowest BCUT2D eigenvalue weighted by Gasteiger charge is -2.24. The Balaban J connectivity index is 1.79. The summed E-state index contributed by atoms with van der Waals surface area (Å²) in [6.45, 7) is 4.26. The second-order valence-electron chi connectivity index (χ2n) is 5.36. The number of aryl methyl sites for hydroxylation is 1. The molecule has 2 N–H and O–H groups in total. The van der Waals surface area contributed by atoms with Crippen molar-refractivity contribution in [1.29, 1.82) is 0 Å². The fourth-order valence-corrected chi connectivity index (χ4v) is 2.80. The molecule has 1 aliphatic rings. The van der Waals surface area contributed by atoms with Crippen LogP contribution in [0.1, 0.15) is 24.8 Å². The maximum absolute atomic E-state index is 4.48. The number of hydrogen-bond donors (Lipinski definition) is 2. The largest absolute Gasteiger partial charge is 0.383 e. The van der Waals surface area contributed by atoms with Crippen LogP contribution in [-0.2, 0) is 0 Å². The van der Waals surface area contributed by atoms with Crippen LogP contribution in [0.2, 0.25) is 0 Å². The van der Waals surface area contributed by atoms with Crippen molar-refractivity contribution in [2.75, 3.05) is 18.4 Å². The van der Waals surface area contributed by atoms with Gasteiger partial charge in [0.15, 0.2) is 0 Å². The number of pyridine rings is 1. The molecule has 1 aromatic carbocycles. The number of piperidine rings is 1. The van der Waals surface area contributed by atoms with Crippen molar-refractivity contribution in [2.24, 2.45) is 0 Å². The Hall–Kier alpha value is -1.61. The average Bonchev–Trinajstić information content (AvgIpc) is 2.48. The monoisotopic (exact) mass is 255 g/mol. The summed E-state index contributed by atoms with van der Waals surface area (Å²) < 4.78 is 0. The highest BCUT2D eigenvalue weighted by Crippen LogP contribution is 2.24. The third-order valence-electron chi connectivity index (χ3n) is 3.92. The van der Waals surface area contributed by atoms with Crippen LogP contribution in [0.15, 0.2) is 30.5 Å². The molecule has 3 heteroatoms. The van der Waals surface area contributed by atoms with Gasteiger partial charge >= 0.3 is 0 Å². The van der Waals surface area contributed by atoms with Crippen molar-refractivity contribution in [3.8, 4) is 0 Å². The normalized spacial score (nSPS) is 19.5. The van der Waals surface area contributed by atoms with Crippen LogP contribution in [0.25, 0.3) is 10.9 Å². The zero-order valence-corrected chi connectivity index (χ0v) is 11.4. The third kappa shape index (κ3) is 2.71. The predicted molar refractivity (Wildman–Crippen MR) is 80.6 cm³/mol. The Kier molecular flexibility index (Phi) is 3.65. The van der Waals surface area contributed by atoms with Gasteiger partial charge in [-0.3, -0.25) is 4.98 Å². The highest BCUT2D eigenvalue weighted by molar-refractivity contribution is 5.93. The SMILES string of the molecule is Cc1ccc(NCC2CCCCN2)c2cccnc12. The third-order valence-corrected chi connectivity index (χ3v) is 3.92. The summed E-state index contributed by atoms with van der Waals surface area (Å²) in [5, 5.41) is 8.37. The molecule has 1 atom stereocenters. The molecule has 2 aromatic rings. The first kappa shape index (κ1) is 12.4. The quantitative estimate of drug-likeness (QED) is 0.885. The van der Waals surface area contributed by atoms with Gasteiger partial charge in [0.1, 0.15) is 0 Å². The lowest BCUT2D eigenvalue weighted by molar-refractivity contribution is 0.414. The molecule has 1 saturated heterocycles. The zero-order chi connectivity index (χ0) is 13.1. The molecule has 1 aliphatic heterocycles. The van der Waals surface area contributed by atoms with Crippen LogP contribution >= 0.6 is 0 Å². The van der Waals surface area contributed by atoms with E-state index in [1.807, 2.05) is 12.3 Å². The Morgan fingerprint density at radius 1 is 1.32 bits per heavy atom. The van der Waals surface area contributed by atoms with Crippen molar-refractivity contribution >= 4 is 16.6 Å². The van der Waals surface area contributed by atoms with E-state index in [0.717, 1.165) is 18.6 Å². The Bertz CT molecular complexity index is 559. The fraction of sp³-hybridized carbons (Fsp3) is 0.438. The fourth-order valence-electron chi connectivity index (χ4n) is 2.80. The summed E-state index contributed by atoms with van der Waals surface area (Å²) in [7, 11) is 0. The van der Waals surface area contributed by atoms with Crippen LogP contribution in [0.5, 0.6) is 0 Å². The molecule has 1 fully saturated rings. The van der Waals surface area contributed by atoms with E-state index < -0.39 is 0 Å². The van der Waals surface area contributed by atoms with E-state index >= 15 is 0 Å². The van der Waals surface area contributed by atoms with Crippen LogP contribution in [0, 0.1) is 6.92 Å². The van der Waals surface area contributed by atoms with Gasteiger partial charge in [0, 0.05) is 29.9 Å². The van der Waals surface area contributed by atoms with Gasteiger partial charge in [-0.25, -0.2) is 0 Å². The topological polar surface area (TPSA) is 37.0 Å². The Labute approximate surface area is 114 Å². The van der Waals surface area contributed by atoms with Gasteiger partial charge in [0.25, 0.3) is 0 Å². The van der Waals surface area contributed by atoms with E-state index in [0.29, 0.717) is 6.04 Å².